The van der Waals surface area contributed by atoms with Crippen LogP contribution in [0, 0.1) is 19.7 Å². The highest BCUT2D eigenvalue weighted by molar-refractivity contribution is 5.74. The number of esters is 1. The van der Waals surface area contributed by atoms with Crippen LogP contribution in [0.25, 0.3) is 34.0 Å². The number of halogens is 1. The standard InChI is InChI=1S/C30H32FN3O3/c1-19-9-7-8-10-25(19)26-12-11-22(13-20(26)2)29-32-28(33-37-29)23-14-21(15-24(31)16-23)17-34(6)18-27(35)36-30(3,4)5/h7-16H,17-18H2,1-6H3. The van der Waals surface area contributed by atoms with E-state index in [0.29, 0.717) is 29.4 Å². The molecule has 7 heteroatoms. The molecule has 0 fully saturated rings. The van der Waals surface area contributed by atoms with Crippen molar-refractivity contribution in [2.45, 2.75) is 46.8 Å². The second-order valence-electron chi connectivity index (χ2n) is 10.4. The number of hydrogen-bond donors (Lipinski definition) is 0. The van der Waals surface area contributed by atoms with Crippen LogP contribution in [-0.2, 0) is 16.1 Å². The first kappa shape index (κ1) is 26.2. The molecule has 0 saturated carbocycles. The van der Waals surface area contributed by atoms with Crippen molar-refractivity contribution in [2.24, 2.45) is 0 Å². The number of hydrogen-bond acceptors (Lipinski definition) is 6. The molecule has 192 valence electrons. The Kier molecular flexibility index (Phi) is 7.55. The Morgan fingerprint density at radius 1 is 0.973 bits per heavy atom. The molecule has 0 N–H and O–H groups in total. The molecule has 4 rings (SSSR count). The Labute approximate surface area is 217 Å². The number of aryl methyl sites for hydroxylation is 2. The lowest BCUT2D eigenvalue weighted by molar-refractivity contribution is -0.155. The molecule has 0 aliphatic heterocycles. The van der Waals surface area contributed by atoms with E-state index >= 15 is 0 Å². The Balaban J connectivity index is 1.52. The van der Waals surface area contributed by atoms with E-state index in [2.05, 4.69) is 42.2 Å². The molecule has 0 aliphatic carbocycles. The van der Waals surface area contributed by atoms with Crippen LogP contribution in [0.3, 0.4) is 0 Å². The number of carbonyl (C=O) groups is 1. The summed E-state index contributed by atoms with van der Waals surface area (Å²) in [5.74, 6) is -0.0883. The Morgan fingerprint density at radius 2 is 1.70 bits per heavy atom. The fraction of sp³-hybridized carbons (Fsp3) is 0.300. The third-order valence-electron chi connectivity index (χ3n) is 5.82. The van der Waals surface area contributed by atoms with Gasteiger partial charge in [0.25, 0.3) is 5.89 Å². The molecule has 0 bridgehead atoms. The molecule has 0 spiro atoms. The van der Waals surface area contributed by atoms with Gasteiger partial charge in [0, 0.05) is 17.7 Å². The van der Waals surface area contributed by atoms with E-state index in [0.717, 1.165) is 16.7 Å². The predicted octanol–water partition coefficient (Wildman–Crippen LogP) is 6.60. The Bertz CT molecular complexity index is 1420. The van der Waals surface area contributed by atoms with Gasteiger partial charge in [-0.2, -0.15) is 4.98 Å². The van der Waals surface area contributed by atoms with Crippen LogP contribution < -0.4 is 0 Å². The lowest BCUT2D eigenvalue weighted by Gasteiger charge is -2.22. The molecular formula is C30H32FN3O3. The first-order valence-electron chi connectivity index (χ1n) is 12.2. The van der Waals surface area contributed by atoms with Crippen molar-refractivity contribution in [1.82, 2.24) is 15.0 Å². The molecule has 3 aromatic carbocycles. The highest BCUT2D eigenvalue weighted by atomic mass is 19.1. The molecule has 6 nitrogen and oxygen atoms in total. The lowest BCUT2D eigenvalue weighted by Crippen LogP contribution is -2.32. The van der Waals surface area contributed by atoms with Crippen molar-refractivity contribution in [3.05, 3.63) is 83.2 Å². The summed E-state index contributed by atoms with van der Waals surface area (Å²) in [4.78, 5) is 18.4. The molecule has 4 aromatic rings. The van der Waals surface area contributed by atoms with Gasteiger partial charge >= 0.3 is 5.97 Å². The zero-order valence-electron chi connectivity index (χ0n) is 22.1. The van der Waals surface area contributed by atoms with Crippen molar-refractivity contribution in [1.29, 1.82) is 0 Å². The first-order valence-corrected chi connectivity index (χ1v) is 12.2. The van der Waals surface area contributed by atoms with Crippen LogP contribution in [0.5, 0.6) is 0 Å². The SMILES string of the molecule is Cc1ccccc1-c1ccc(-c2nc(-c3cc(F)cc(CN(C)CC(=O)OC(C)(C)C)c3)no2)cc1C. The van der Waals surface area contributed by atoms with Crippen LogP contribution in [0.4, 0.5) is 4.39 Å². The van der Waals surface area contributed by atoms with E-state index in [4.69, 9.17) is 9.26 Å². The summed E-state index contributed by atoms with van der Waals surface area (Å²) < 4.78 is 25.4. The predicted molar refractivity (Wildman–Crippen MR) is 142 cm³/mol. The minimum atomic E-state index is -0.556. The molecule has 0 radical (unpaired) electrons. The normalized spacial score (nSPS) is 11.7. The highest BCUT2D eigenvalue weighted by Gasteiger charge is 2.19. The number of carbonyl (C=O) groups excluding carboxylic acids is 1. The Morgan fingerprint density at radius 3 is 2.41 bits per heavy atom. The van der Waals surface area contributed by atoms with Gasteiger partial charge in [-0.15, -0.1) is 0 Å². The second kappa shape index (κ2) is 10.6. The summed E-state index contributed by atoms with van der Waals surface area (Å²) in [5.41, 5.74) is 6.05. The molecule has 0 aliphatic rings. The molecule has 1 aromatic heterocycles. The van der Waals surface area contributed by atoms with Crippen LogP contribution >= 0.6 is 0 Å². The van der Waals surface area contributed by atoms with Crippen LogP contribution in [0.15, 0.2) is 65.2 Å². The van der Waals surface area contributed by atoms with Crippen molar-refractivity contribution < 1.29 is 18.4 Å². The maximum absolute atomic E-state index is 14.5. The summed E-state index contributed by atoms with van der Waals surface area (Å²) in [6.45, 7) is 10.1. The fourth-order valence-electron chi connectivity index (χ4n) is 4.26. The van der Waals surface area contributed by atoms with Gasteiger partial charge in [-0.25, -0.2) is 4.39 Å². The van der Waals surface area contributed by atoms with E-state index in [1.165, 1.54) is 23.3 Å². The first-order chi connectivity index (χ1) is 17.5. The fourth-order valence-corrected chi connectivity index (χ4v) is 4.26. The van der Waals surface area contributed by atoms with Gasteiger partial charge in [-0.1, -0.05) is 35.5 Å². The van der Waals surface area contributed by atoms with E-state index in [9.17, 15) is 9.18 Å². The molecule has 0 saturated heterocycles. The molecule has 0 amide bonds. The van der Waals surface area contributed by atoms with Gasteiger partial charge in [0.15, 0.2) is 0 Å². The monoisotopic (exact) mass is 501 g/mol. The van der Waals surface area contributed by atoms with E-state index < -0.39 is 11.4 Å². The minimum Gasteiger partial charge on any atom is -0.459 e. The van der Waals surface area contributed by atoms with E-state index in [1.54, 1.807) is 18.0 Å². The smallest absolute Gasteiger partial charge is 0.320 e. The van der Waals surface area contributed by atoms with Crippen LogP contribution in [0.1, 0.15) is 37.5 Å². The third kappa shape index (κ3) is 6.68. The minimum absolute atomic E-state index is 0.0906. The van der Waals surface area contributed by atoms with E-state index in [-0.39, 0.29) is 12.5 Å². The number of aromatic nitrogens is 2. The van der Waals surface area contributed by atoms with Gasteiger partial charge in [-0.3, -0.25) is 9.69 Å². The number of ether oxygens (including phenoxy) is 1. The maximum Gasteiger partial charge on any atom is 0.320 e. The van der Waals surface area contributed by atoms with Crippen molar-refractivity contribution in [3.8, 4) is 34.0 Å². The number of rotatable bonds is 7. The van der Waals surface area contributed by atoms with Crippen molar-refractivity contribution in [3.63, 3.8) is 0 Å². The molecule has 0 atom stereocenters. The van der Waals surface area contributed by atoms with Crippen molar-refractivity contribution in [2.75, 3.05) is 13.6 Å². The zero-order chi connectivity index (χ0) is 26.7. The average Bonchev–Trinajstić information content (AvgIpc) is 3.28. The van der Waals surface area contributed by atoms with Crippen molar-refractivity contribution >= 4 is 5.97 Å². The number of likely N-dealkylation sites (N-methyl/N-ethyl adjacent to an activating group) is 1. The number of benzene rings is 3. The van der Waals surface area contributed by atoms with Crippen LogP contribution in [-0.4, -0.2) is 40.2 Å². The average molecular weight is 502 g/mol. The summed E-state index contributed by atoms with van der Waals surface area (Å²) >= 11 is 0. The summed E-state index contributed by atoms with van der Waals surface area (Å²) in [6.07, 6.45) is 0. The van der Waals surface area contributed by atoms with E-state index in [1.807, 2.05) is 45.0 Å². The van der Waals surface area contributed by atoms with Gasteiger partial charge in [0.05, 0.1) is 6.54 Å². The zero-order valence-corrected chi connectivity index (χ0v) is 22.1. The largest absolute Gasteiger partial charge is 0.459 e. The molecule has 0 unspecified atom stereocenters. The molecule has 37 heavy (non-hydrogen) atoms. The maximum atomic E-state index is 14.5. The van der Waals surface area contributed by atoms with Gasteiger partial charge in [-0.05, 0) is 99.8 Å². The highest BCUT2D eigenvalue weighted by Crippen LogP contribution is 2.31. The summed E-state index contributed by atoms with van der Waals surface area (Å²) in [6, 6.07) is 18.9. The topological polar surface area (TPSA) is 68.5 Å². The second-order valence-corrected chi connectivity index (χ2v) is 10.4. The Hall–Kier alpha value is -3.84. The van der Waals surface area contributed by atoms with Gasteiger partial charge in [0.2, 0.25) is 5.82 Å². The summed E-state index contributed by atoms with van der Waals surface area (Å²) in [5, 5.41) is 4.10. The van der Waals surface area contributed by atoms with Gasteiger partial charge in [0.1, 0.15) is 11.4 Å². The number of nitrogens with zero attached hydrogens (tertiary/aromatic N) is 3. The molecule has 1 heterocycles. The van der Waals surface area contributed by atoms with Crippen LogP contribution in [0.2, 0.25) is 0 Å². The third-order valence-corrected chi connectivity index (χ3v) is 5.82. The quantitative estimate of drug-likeness (QED) is 0.266. The molecular weight excluding hydrogens is 469 g/mol. The summed E-state index contributed by atoms with van der Waals surface area (Å²) in [7, 11) is 1.78. The van der Waals surface area contributed by atoms with Gasteiger partial charge < -0.3 is 9.26 Å². The lowest BCUT2D eigenvalue weighted by atomic mass is 9.95.